The summed E-state index contributed by atoms with van der Waals surface area (Å²) in [5, 5.41) is 2.64. The van der Waals surface area contributed by atoms with E-state index in [0.717, 1.165) is 0 Å². The van der Waals surface area contributed by atoms with Crippen LogP contribution in [0.25, 0.3) is 0 Å². The van der Waals surface area contributed by atoms with Crippen LogP contribution in [0.2, 0.25) is 0 Å². The molecular weight excluding hydrogens is 285 g/mol. The Morgan fingerprint density at radius 1 is 1.18 bits per heavy atom. The maximum Gasteiger partial charge on any atom is 0.272 e. The van der Waals surface area contributed by atoms with Gasteiger partial charge in [0.25, 0.3) is 11.8 Å². The van der Waals surface area contributed by atoms with Crippen LogP contribution in [-0.4, -0.2) is 35.8 Å². The molecule has 6 heteroatoms. The third-order valence-corrected chi connectivity index (χ3v) is 3.09. The van der Waals surface area contributed by atoms with Gasteiger partial charge in [0.1, 0.15) is 11.5 Å². The number of rotatable bonds is 3. The zero-order chi connectivity index (χ0) is 16.3. The number of carbonyl (C=O) groups excluding carboxylic acids is 2. The number of carbonyl (C=O) groups is 2. The molecule has 0 saturated heterocycles. The van der Waals surface area contributed by atoms with Gasteiger partial charge in [-0.3, -0.25) is 14.6 Å². The van der Waals surface area contributed by atoms with Gasteiger partial charge in [-0.25, -0.2) is 4.39 Å². The van der Waals surface area contributed by atoms with Crippen LogP contribution in [0, 0.1) is 12.7 Å². The fourth-order valence-corrected chi connectivity index (χ4v) is 1.89. The average Bonchev–Trinajstić information content (AvgIpc) is 2.49. The minimum Gasteiger partial charge on any atom is -0.343 e. The Labute approximate surface area is 127 Å². The number of nitrogens with one attached hydrogen (secondary N) is 1. The third-order valence-electron chi connectivity index (χ3n) is 3.09. The molecule has 0 bridgehead atoms. The first-order chi connectivity index (χ1) is 10.4. The molecule has 1 heterocycles. The van der Waals surface area contributed by atoms with Gasteiger partial charge in [0.15, 0.2) is 0 Å². The summed E-state index contributed by atoms with van der Waals surface area (Å²) in [6.45, 7) is 1.72. The number of aryl methyl sites for hydroxylation is 1. The molecule has 0 atom stereocenters. The SMILES string of the molecule is Cc1ccc(F)cc1C(=O)Nc1ccnc(C(=O)N(C)C)c1. The van der Waals surface area contributed by atoms with E-state index in [1.807, 2.05) is 0 Å². The quantitative estimate of drug-likeness (QED) is 0.947. The smallest absolute Gasteiger partial charge is 0.272 e. The maximum absolute atomic E-state index is 13.3. The maximum atomic E-state index is 13.3. The summed E-state index contributed by atoms with van der Waals surface area (Å²) in [5.74, 6) is -1.18. The lowest BCUT2D eigenvalue weighted by Gasteiger charge is -2.11. The second-order valence-corrected chi connectivity index (χ2v) is 5.04. The molecule has 1 aromatic heterocycles. The predicted molar refractivity (Wildman–Crippen MR) is 81.3 cm³/mol. The standard InChI is InChI=1S/C16H16FN3O2/c1-10-4-5-11(17)8-13(10)15(21)19-12-6-7-18-14(9-12)16(22)20(2)3/h4-9H,1-3H3,(H,18,19,21). The highest BCUT2D eigenvalue weighted by atomic mass is 19.1. The van der Waals surface area contributed by atoms with Crippen LogP contribution in [0.4, 0.5) is 10.1 Å². The van der Waals surface area contributed by atoms with Crippen molar-refractivity contribution < 1.29 is 14.0 Å². The van der Waals surface area contributed by atoms with E-state index in [9.17, 15) is 14.0 Å². The van der Waals surface area contributed by atoms with Crippen LogP contribution < -0.4 is 5.32 Å². The van der Waals surface area contributed by atoms with Gasteiger partial charge in [0, 0.05) is 31.5 Å². The van der Waals surface area contributed by atoms with Gasteiger partial charge >= 0.3 is 0 Å². The Hall–Kier alpha value is -2.76. The van der Waals surface area contributed by atoms with E-state index in [1.165, 1.54) is 35.4 Å². The second kappa shape index (κ2) is 6.34. The predicted octanol–water partition coefficient (Wildman–Crippen LogP) is 2.48. The fourth-order valence-electron chi connectivity index (χ4n) is 1.89. The molecule has 1 aromatic carbocycles. The molecule has 0 fully saturated rings. The monoisotopic (exact) mass is 301 g/mol. The Bertz CT molecular complexity index is 729. The molecule has 5 nitrogen and oxygen atoms in total. The molecule has 0 radical (unpaired) electrons. The van der Waals surface area contributed by atoms with E-state index in [-0.39, 0.29) is 17.2 Å². The molecule has 0 spiro atoms. The highest BCUT2D eigenvalue weighted by Crippen LogP contribution is 2.15. The minimum atomic E-state index is -0.478. The van der Waals surface area contributed by atoms with Crippen LogP contribution in [0.5, 0.6) is 0 Å². The van der Waals surface area contributed by atoms with Gasteiger partial charge in [0.2, 0.25) is 0 Å². The lowest BCUT2D eigenvalue weighted by molar-refractivity contribution is 0.0821. The summed E-state index contributed by atoms with van der Waals surface area (Å²) in [6.07, 6.45) is 1.44. The van der Waals surface area contributed by atoms with E-state index in [1.54, 1.807) is 27.1 Å². The van der Waals surface area contributed by atoms with Crippen LogP contribution in [0.1, 0.15) is 26.4 Å². The van der Waals surface area contributed by atoms with Crippen LogP contribution >= 0.6 is 0 Å². The van der Waals surface area contributed by atoms with Crippen molar-refractivity contribution in [2.45, 2.75) is 6.92 Å². The summed E-state index contributed by atoms with van der Waals surface area (Å²) < 4.78 is 13.3. The van der Waals surface area contributed by atoms with Gasteiger partial charge in [-0.15, -0.1) is 0 Å². The zero-order valence-corrected chi connectivity index (χ0v) is 12.6. The van der Waals surface area contributed by atoms with Gasteiger partial charge in [-0.2, -0.15) is 0 Å². The number of hydrogen-bond donors (Lipinski definition) is 1. The Morgan fingerprint density at radius 3 is 2.59 bits per heavy atom. The molecule has 22 heavy (non-hydrogen) atoms. The molecule has 2 aromatic rings. The summed E-state index contributed by atoms with van der Waals surface area (Å²) >= 11 is 0. The van der Waals surface area contributed by atoms with Crippen molar-refractivity contribution in [2.75, 3.05) is 19.4 Å². The lowest BCUT2D eigenvalue weighted by atomic mass is 10.1. The van der Waals surface area contributed by atoms with Crippen molar-refractivity contribution in [1.29, 1.82) is 0 Å². The van der Waals surface area contributed by atoms with Crippen molar-refractivity contribution in [2.24, 2.45) is 0 Å². The van der Waals surface area contributed by atoms with Crippen molar-refractivity contribution in [3.8, 4) is 0 Å². The zero-order valence-electron chi connectivity index (χ0n) is 12.6. The van der Waals surface area contributed by atoms with Gasteiger partial charge < -0.3 is 10.2 Å². The molecule has 0 aliphatic heterocycles. The summed E-state index contributed by atoms with van der Waals surface area (Å²) in [4.78, 5) is 29.4. The van der Waals surface area contributed by atoms with E-state index in [0.29, 0.717) is 11.3 Å². The molecule has 0 unspecified atom stereocenters. The average molecular weight is 301 g/mol. The molecule has 2 rings (SSSR count). The molecule has 1 N–H and O–H groups in total. The Morgan fingerprint density at radius 2 is 1.91 bits per heavy atom. The lowest BCUT2D eigenvalue weighted by Crippen LogP contribution is -2.23. The first-order valence-electron chi connectivity index (χ1n) is 6.63. The van der Waals surface area contributed by atoms with Gasteiger partial charge in [-0.05, 0) is 36.8 Å². The Balaban J connectivity index is 2.24. The number of anilines is 1. The number of nitrogens with zero attached hydrogens (tertiary/aromatic N) is 2. The van der Waals surface area contributed by atoms with Gasteiger partial charge in [-0.1, -0.05) is 6.07 Å². The van der Waals surface area contributed by atoms with Gasteiger partial charge in [0.05, 0.1) is 0 Å². The number of aromatic nitrogens is 1. The first-order valence-corrected chi connectivity index (χ1v) is 6.63. The number of benzene rings is 1. The largest absolute Gasteiger partial charge is 0.343 e. The topological polar surface area (TPSA) is 62.3 Å². The van der Waals surface area contributed by atoms with Crippen LogP contribution in [0.15, 0.2) is 36.5 Å². The molecule has 0 aliphatic carbocycles. The highest BCUT2D eigenvalue weighted by molar-refractivity contribution is 6.05. The normalized spacial score (nSPS) is 10.2. The summed E-state index contributed by atoms with van der Waals surface area (Å²) in [7, 11) is 3.23. The van der Waals surface area contributed by atoms with E-state index in [2.05, 4.69) is 10.3 Å². The van der Waals surface area contributed by atoms with E-state index in [4.69, 9.17) is 0 Å². The van der Waals surface area contributed by atoms with E-state index >= 15 is 0 Å². The van der Waals surface area contributed by atoms with Crippen molar-refractivity contribution in [1.82, 2.24) is 9.88 Å². The van der Waals surface area contributed by atoms with Crippen molar-refractivity contribution in [3.05, 3.63) is 59.2 Å². The molecule has 2 amide bonds. The third kappa shape index (κ3) is 3.46. The summed E-state index contributed by atoms with van der Waals surface area (Å²) in [5.41, 5.74) is 1.56. The number of halogens is 1. The van der Waals surface area contributed by atoms with E-state index < -0.39 is 11.7 Å². The number of amides is 2. The number of pyridine rings is 1. The minimum absolute atomic E-state index is 0.221. The molecule has 0 aliphatic rings. The molecular formula is C16H16FN3O2. The number of hydrogen-bond acceptors (Lipinski definition) is 3. The second-order valence-electron chi connectivity index (χ2n) is 5.04. The molecule has 114 valence electrons. The fraction of sp³-hybridized carbons (Fsp3) is 0.188. The first kappa shape index (κ1) is 15.6. The summed E-state index contributed by atoms with van der Waals surface area (Å²) in [6, 6.07) is 7.07. The molecule has 0 saturated carbocycles. The van der Waals surface area contributed by atoms with Crippen LogP contribution in [0.3, 0.4) is 0 Å². The van der Waals surface area contributed by atoms with Crippen molar-refractivity contribution in [3.63, 3.8) is 0 Å². The highest BCUT2D eigenvalue weighted by Gasteiger charge is 2.13. The van der Waals surface area contributed by atoms with Crippen molar-refractivity contribution >= 4 is 17.5 Å². The van der Waals surface area contributed by atoms with Crippen LogP contribution in [-0.2, 0) is 0 Å². The Kier molecular flexibility index (Phi) is 4.50.